The Morgan fingerprint density at radius 1 is 1.03 bits per heavy atom. The number of nitrogens with zero attached hydrogens (tertiary/aromatic N) is 3. The molecule has 0 radical (unpaired) electrons. The number of rotatable bonds is 8. The molecule has 2 fully saturated rings. The van der Waals surface area contributed by atoms with Gasteiger partial charge in [-0.1, -0.05) is 53.9 Å². The summed E-state index contributed by atoms with van der Waals surface area (Å²) in [6, 6.07) is 7.93. The van der Waals surface area contributed by atoms with Crippen LogP contribution in [0.25, 0.3) is 12.2 Å². The maximum absolute atomic E-state index is 13.5. The Morgan fingerprint density at radius 2 is 1.69 bits per heavy atom. The number of likely N-dealkylation sites (tertiary alicyclic amines) is 1. The van der Waals surface area contributed by atoms with E-state index in [9.17, 15) is 13.2 Å². The molecule has 0 spiro atoms. The summed E-state index contributed by atoms with van der Waals surface area (Å²) in [5.41, 5.74) is 2.44. The molecule has 36 heavy (non-hydrogen) atoms. The zero-order chi connectivity index (χ0) is 25.5. The van der Waals surface area contributed by atoms with E-state index in [1.54, 1.807) is 13.0 Å². The summed E-state index contributed by atoms with van der Waals surface area (Å²) in [5.74, 6) is 0.0938. The van der Waals surface area contributed by atoms with E-state index in [4.69, 9.17) is 4.52 Å². The predicted octanol–water partition coefficient (Wildman–Crippen LogP) is 3.85. The van der Waals surface area contributed by atoms with Gasteiger partial charge in [-0.2, -0.15) is 4.31 Å². The predicted molar refractivity (Wildman–Crippen MR) is 141 cm³/mol. The van der Waals surface area contributed by atoms with E-state index in [-0.39, 0.29) is 22.5 Å². The zero-order valence-corrected chi connectivity index (χ0v) is 22.2. The number of aryl methyl sites for hydroxylation is 2. The number of carbonyl (C=O) groups excluding carboxylic acids is 1. The lowest BCUT2D eigenvalue weighted by atomic mass is 9.97. The molecule has 0 saturated carbocycles. The summed E-state index contributed by atoms with van der Waals surface area (Å²) >= 11 is 0. The molecule has 4 rings (SSSR count). The minimum Gasteiger partial charge on any atom is -0.355 e. The quantitative estimate of drug-likeness (QED) is 0.575. The second kappa shape index (κ2) is 12.2. The maximum Gasteiger partial charge on any atom is 0.248 e. The average molecular weight is 515 g/mol. The second-order valence-electron chi connectivity index (χ2n) is 9.93. The minimum atomic E-state index is -3.79. The molecule has 0 bridgehead atoms. The SMILES string of the molecule is Cc1ccc(C=Cc2onc(C)c2S(=O)(=O)N2CCC(C(=O)NCCN3CCCCCC3)CC2)cc1. The molecule has 8 nitrogen and oxygen atoms in total. The molecule has 2 aromatic rings. The van der Waals surface area contributed by atoms with Gasteiger partial charge in [-0.25, -0.2) is 8.42 Å². The van der Waals surface area contributed by atoms with Crippen molar-refractivity contribution >= 4 is 28.1 Å². The van der Waals surface area contributed by atoms with Gasteiger partial charge in [0.05, 0.1) is 0 Å². The Hall–Kier alpha value is -2.49. The van der Waals surface area contributed by atoms with Gasteiger partial charge in [-0.05, 0) is 64.3 Å². The lowest BCUT2D eigenvalue weighted by Crippen LogP contribution is -2.44. The molecule has 1 N–H and O–H groups in total. The summed E-state index contributed by atoms with van der Waals surface area (Å²) < 4.78 is 33.8. The fourth-order valence-corrected chi connectivity index (χ4v) is 6.70. The Balaban J connectivity index is 1.32. The first-order valence-electron chi connectivity index (χ1n) is 13.1. The van der Waals surface area contributed by atoms with Crippen molar-refractivity contribution in [2.24, 2.45) is 5.92 Å². The van der Waals surface area contributed by atoms with E-state index in [1.807, 2.05) is 37.3 Å². The van der Waals surface area contributed by atoms with Crippen molar-refractivity contribution in [3.8, 4) is 0 Å². The van der Waals surface area contributed by atoms with Crippen molar-refractivity contribution in [2.75, 3.05) is 39.3 Å². The highest BCUT2D eigenvalue weighted by Gasteiger charge is 2.35. The third-order valence-electron chi connectivity index (χ3n) is 7.19. The standard InChI is InChI=1S/C27H38N4O4S/c1-21-7-9-23(10-8-21)11-12-25-26(22(2)29-35-25)36(33,34)31-18-13-24(14-19-31)27(32)28-15-20-30-16-5-3-4-6-17-30/h7-12,24H,3-6,13-20H2,1-2H3,(H,28,32). The molecule has 9 heteroatoms. The van der Waals surface area contributed by atoms with Gasteiger partial charge in [0.25, 0.3) is 0 Å². The number of amides is 1. The number of carbonyl (C=O) groups is 1. The molecule has 0 unspecified atom stereocenters. The molecule has 3 heterocycles. The van der Waals surface area contributed by atoms with Crippen molar-refractivity contribution in [1.82, 2.24) is 19.7 Å². The summed E-state index contributed by atoms with van der Waals surface area (Å²) in [7, 11) is -3.79. The second-order valence-corrected chi connectivity index (χ2v) is 11.8. The number of sulfonamides is 1. The van der Waals surface area contributed by atoms with Crippen LogP contribution in [-0.2, 0) is 14.8 Å². The fourth-order valence-electron chi connectivity index (χ4n) is 4.98. The number of benzene rings is 1. The first-order chi connectivity index (χ1) is 17.3. The Labute approximate surface area is 214 Å². The normalized spacial score (nSPS) is 18.9. The molecule has 0 aliphatic carbocycles. The highest BCUT2D eigenvalue weighted by Crippen LogP contribution is 2.29. The summed E-state index contributed by atoms with van der Waals surface area (Å²) in [4.78, 5) is 15.2. The van der Waals surface area contributed by atoms with Gasteiger partial charge in [-0.3, -0.25) is 4.79 Å². The monoisotopic (exact) mass is 514 g/mol. The molecule has 196 valence electrons. The topological polar surface area (TPSA) is 95.8 Å². The smallest absolute Gasteiger partial charge is 0.248 e. The van der Waals surface area contributed by atoms with Crippen molar-refractivity contribution < 1.29 is 17.7 Å². The van der Waals surface area contributed by atoms with Crippen LogP contribution < -0.4 is 5.32 Å². The van der Waals surface area contributed by atoms with E-state index in [0.717, 1.165) is 30.8 Å². The number of piperidine rings is 1. The van der Waals surface area contributed by atoms with Crippen LogP contribution in [0.1, 0.15) is 61.1 Å². The van der Waals surface area contributed by atoms with Crippen molar-refractivity contribution in [3.63, 3.8) is 0 Å². The van der Waals surface area contributed by atoms with E-state index in [0.29, 0.717) is 38.2 Å². The van der Waals surface area contributed by atoms with Gasteiger partial charge >= 0.3 is 0 Å². The van der Waals surface area contributed by atoms with Gasteiger partial charge in [0.15, 0.2) is 10.7 Å². The Bertz CT molecular complexity index is 1140. The average Bonchev–Trinajstić information content (AvgIpc) is 3.07. The van der Waals surface area contributed by atoms with Gasteiger partial charge in [0, 0.05) is 32.1 Å². The molecule has 2 saturated heterocycles. The van der Waals surface area contributed by atoms with Crippen LogP contribution in [-0.4, -0.2) is 68.0 Å². The Kier molecular flexibility index (Phi) is 8.98. The summed E-state index contributed by atoms with van der Waals surface area (Å²) in [5, 5.41) is 7.00. The lowest BCUT2D eigenvalue weighted by Gasteiger charge is -2.30. The van der Waals surface area contributed by atoms with E-state index in [1.165, 1.54) is 30.0 Å². The summed E-state index contributed by atoms with van der Waals surface area (Å²) in [6.45, 7) is 8.01. The van der Waals surface area contributed by atoms with Crippen LogP contribution in [0.5, 0.6) is 0 Å². The van der Waals surface area contributed by atoms with Crippen molar-refractivity contribution in [1.29, 1.82) is 0 Å². The third-order valence-corrected chi connectivity index (χ3v) is 9.24. The third kappa shape index (κ3) is 6.63. The van der Waals surface area contributed by atoms with Crippen molar-refractivity contribution in [3.05, 3.63) is 46.8 Å². The zero-order valence-electron chi connectivity index (χ0n) is 21.4. The maximum atomic E-state index is 13.5. The van der Waals surface area contributed by atoms with Gasteiger partial charge < -0.3 is 14.7 Å². The van der Waals surface area contributed by atoms with Crippen molar-refractivity contribution in [2.45, 2.75) is 57.3 Å². The fraction of sp³-hybridized carbons (Fsp3) is 0.556. The molecule has 2 aliphatic rings. The Morgan fingerprint density at radius 3 is 2.36 bits per heavy atom. The van der Waals surface area contributed by atoms with Crippen LogP contribution in [0.3, 0.4) is 0 Å². The van der Waals surface area contributed by atoms with Crippen LogP contribution >= 0.6 is 0 Å². The highest BCUT2D eigenvalue weighted by molar-refractivity contribution is 7.89. The number of hydrogen-bond acceptors (Lipinski definition) is 6. The van der Waals surface area contributed by atoms with Crippen LogP contribution in [0.2, 0.25) is 0 Å². The largest absolute Gasteiger partial charge is 0.355 e. The van der Waals surface area contributed by atoms with Gasteiger partial charge in [0.2, 0.25) is 15.9 Å². The van der Waals surface area contributed by atoms with Crippen LogP contribution in [0.4, 0.5) is 0 Å². The first-order valence-corrected chi connectivity index (χ1v) is 14.5. The highest BCUT2D eigenvalue weighted by atomic mass is 32.2. The summed E-state index contributed by atoms with van der Waals surface area (Å²) in [6.07, 6.45) is 9.54. The molecule has 1 amide bonds. The number of hydrogen-bond donors (Lipinski definition) is 1. The first kappa shape index (κ1) is 26.6. The lowest BCUT2D eigenvalue weighted by molar-refractivity contribution is -0.126. The number of aromatic nitrogens is 1. The molecule has 0 atom stereocenters. The van der Waals surface area contributed by atoms with Crippen LogP contribution in [0.15, 0.2) is 33.7 Å². The molecular weight excluding hydrogens is 476 g/mol. The van der Waals surface area contributed by atoms with Gasteiger partial charge in [-0.15, -0.1) is 0 Å². The van der Waals surface area contributed by atoms with E-state index in [2.05, 4.69) is 15.4 Å². The molecule has 2 aliphatic heterocycles. The number of nitrogens with one attached hydrogen (secondary N) is 1. The van der Waals surface area contributed by atoms with E-state index < -0.39 is 10.0 Å². The van der Waals surface area contributed by atoms with Crippen LogP contribution in [0, 0.1) is 19.8 Å². The molecule has 1 aromatic carbocycles. The van der Waals surface area contributed by atoms with Gasteiger partial charge in [0.1, 0.15) is 5.69 Å². The molecule has 1 aromatic heterocycles. The van der Waals surface area contributed by atoms with E-state index >= 15 is 0 Å². The minimum absolute atomic E-state index is 0.0322. The molecular formula is C27H38N4O4S.